The van der Waals surface area contributed by atoms with Gasteiger partial charge in [0.2, 0.25) is 0 Å². The van der Waals surface area contributed by atoms with Crippen molar-refractivity contribution in [2.45, 2.75) is 53.1 Å². The van der Waals surface area contributed by atoms with Gasteiger partial charge in [-0.05, 0) is 43.5 Å². The predicted molar refractivity (Wildman–Crippen MR) is 99.3 cm³/mol. The second-order valence-electron chi connectivity index (χ2n) is 8.47. The van der Waals surface area contributed by atoms with E-state index >= 15 is 0 Å². The maximum absolute atomic E-state index is 11.5. The van der Waals surface area contributed by atoms with Crippen LogP contribution in [0, 0.1) is 5.41 Å². The lowest BCUT2D eigenvalue weighted by molar-refractivity contribution is -0.738. The average molecular weight is 344 g/mol. The Hall–Kier alpha value is -2.07. The van der Waals surface area contributed by atoms with E-state index in [9.17, 15) is 4.79 Å². The van der Waals surface area contributed by atoms with Gasteiger partial charge in [0.15, 0.2) is 5.76 Å². The van der Waals surface area contributed by atoms with Crippen LogP contribution in [0.2, 0.25) is 0 Å². The molecule has 0 radical (unpaired) electrons. The summed E-state index contributed by atoms with van der Waals surface area (Å²) in [6, 6.07) is 11.3. The summed E-state index contributed by atoms with van der Waals surface area (Å²) < 4.78 is 10.7. The highest BCUT2D eigenvalue weighted by molar-refractivity contribution is 5.89. The Morgan fingerprint density at radius 1 is 1.04 bits per heavy atom. The largest absolute Gasteiger partial charge is 0.465 e. The highest BCUT2D eigenvalue weighted by Gasteiger charge is 2.28. The van der Waals surface area contributed by atoms with Crippen LogP contribution >= 0.6 is 0 Å². The van der Waals surface area contributed by atoms with Gasteiger partial charge < -0.3 is 14.5 Å². The van der Waals surface area contributed by atoms with E-state index in [1.165, 1.54) is 7.11 Å². The molecule has 2 aromatic rings. The van der Waals surface area contributed by atoms with Crippen LogP contribution in [0.1, 0.15) is 57.2 Å². The number of carbonyl (C=O) groups is 1. The summed E-state index contributed by atoms with van der Waals surface area (Å²) in [5, 5.41) is 2.33. The third-order valence-electron chi connectivity index (χ3n) is 4.09. The first-order chi connectivity index (χ1) is 11.6. The lowest BCUT2D eigenvalue weighted by Gasteiger charge is -2.30. The van der Waals surface area contributed by atoms with E-state index in [-0.39, 0.29) is 11.5 Å². The summed E-state index contributed by atoms with van der Waals surface area (Å²) in [5.74, 6) is 1.44. The number of nitrogens with two attached hydrogens (primary N) is 1. The minimum Gasteiger partial charge on any atom is -0.465 e. The average Bonchev–Trinajstić information content (AvgIpc) is 2.99. The minimum absolute atomic E-state index is 0.160. The molecular formula is C21H30NO3+. The summed E-state index contributed by atoms with van der Waals surface area (Å²) in [7, 11) is 1.38. The van der Waals surface area contributed by atoms with E-state index < -0.39 is 0 Å². The van der Waals surface area contributed by atoms with Gasteiger partial charge in [-0.2, -0.15) is 0 Å². The second-order valence-corrected chi connectivity index (χ2v) is 8.47. The van der Waals surface area contributed by atoms with E-state index in [1.807, 2.05) is 24.3 Å². The Balaban J connectivity index is 2.01. The van der Waals surface area contributed by atoms with Crippen LogP contribution in [0.3, 0.4) is 0 Å². The van der Waals surface area contributed by atoms with Gasteiger partial charge in [0.1, 0.15) is 12.3 Å². The standard InChI is InChI=1S/C21H29NO3/c1-20(2,3)14-21(4,5)22-13-17-11-12-18(25-17)15-7-9-16(10-8-15)19(23)24-6/h7-12,22H,13-14H2,1-6H3/p+1. The number of benzene rings is 1. The highest BCUT2D eigenvalue weighted by atomic mass is 16.5. The molecule has 2 N–H and O–H groups in total. The number of rotatable bonds is 6. The van der Waals surface area contributed by atoms with Gasteiger partial charge in [-0.1, -0.05) is 32.9 Å². The molecule has 0 aliphatic carbocycles. The normalized spacial score (nSPS) is 12.2. The maximum Gasteiger partial charge on any atom is 0.337 e. The molecule has 0 unspecified atom stereocenters. The quantitative estimate of drug-likeness (QED) is 0.806. The number of quaternary nitrogens is 1. The van der Waals surface area contributed by atoms with Gasteiger partial charge in [0.25, 0.3) is 0 Å². The smallest absolute Gasteiger partial charge is 0.337 e. The molecule has 0 bridgehead atoms. The first-order valence-electron chi connectivity index (χ1n) is 8.71. The van der Waals surface area contributed by atoms with Crippen LogP contribution in [0.5, 0.6) is 0 Å². The first kappa shape index (κ1) is 19.3. The monoisotopic (exact) mass is 344 g/mol. The van der Waals surface area contributed by atoms with E-state index in [2.05, 4.69) is 39.9 Å². The fourth-order valence-electron chi connectivity index (χ4n) is 3.35. The zero-order valence-electron chi connectivity index (χ0n) is 16.2. The number of methoxy groups -OCH3 is 1. The number of ether oxygens (including phenoxy) is 1. The molecule has 4 nitrogen and oxygen atoms in total. The fraction of sp³-hybridized carbons (Fsp3) is 0.476. The van der Waals surface area contributed by atoms with Gasteiger partial charge in [0.05, 0.1) is 18.2 Å². The Kier molecular flexibility index (Phi) is 5.73. The summed E-state index contributed by atoms with van der Waals surface area (Å²) >= 11 is 0. The number of esters is 1. The molecule has 1 aromatic carbocycles. The molecule has 25 heavy (non-hydrogen) atoms. The molecule has 0 saturated heterocycles. The molecule has 1 aromatic heterocycles. The van der Waals surface area contributed by atoms with Crippen LogP contribution in [0.4, 0.5) is 0 Å². The molecule has 4 heteroatoms. The number of carbonyl (C=O) groups excluding carboxylic acids is 1. The van der Waals surface area contributed by atoms with E-state index in [4.69, 9.17) is 9.15 Å². The Labute approximate surface area is 150 Å². The minimum atomic E-state index is -0.331. The number of furan rings is 1. The third kappa shape index (κ3) is 5.75. The van der Waals surface area contributed by atoms with Crippen molar-refractivity contribution in [2.24, 2.45) is 5.41 Å². The first-order valence-corrected chi connectivity index (χ1v) is 8.71. The lowest BCUT2D eigenvalue weighted by atomic mass is 9.82. The molecule has 0 amide bonds. The number of hydrogen-bond donors (Lipinski definition) is 1. The second kappa shape index (κ2) is 7.44. The van der Waals surface area contributed by atoms with Crippen molar-refractivity contribution in [3.63, 3.8) is 0 Å². The van der Waals surface area contributed by atoms with Gasteiger partial charge in [-0.3, -0.25) is 0 Å². The van der Waals surface area contributed by atoms with E-state index in [1.54, 1.807) is 12.1 Å². The molecule has 2 rings (SSSR count). The van der Waals surface area contributed by atoms with Crippen molar-refractivity contribution in [3.8, 4) is 11.3 Å². The Morgan fingerprint density at radius 3 is 2.24 bits per heavy atom. The van der Waals surface area contributed by atoms with Crippen LogP contribution < -0.4 is 5.32 Å². The van der Waals surface area contributed by atoms with Gasteiger partial charge in [0, 0.05) is 12.0 Å². The zero-order valence-corrected chi connectivity index (χ0v) is 16.2. The van der Waals surface area contributed by atoms with E-state index in [0.717, 1.165) is 30.0 Å². The van der Waals surface area contributed by atoms with E-state index in [0.29, 0.717) is 11.0 Å². The van der Waals surface area contributed by atoms with Crippen molar-refractivity contribution in [1.29, 1.82) is 0 Å². The fourth-order valence-corrected chi connectivity index (χ4v) is 3.35. The molecule has 0 aliphatic rings. The van der Waals surface area contributed by atoms with Gasteiger partial charge in [-0.15, -0.1) is 0 Å². The SMILES string of the molecule is COC(=O)c1ccc(-c2ccc(C[NH2+]C(C)(C)CC(C)(C)C)o2)cc1. The highest BCUT2D eigenvalue weighted by Crippen LogP contribution is 2.25. The van der Waals surface area contributed by atoms with Crippen molar-refractivity contribution in [3.05, 3.63) is 47.7 Å². The topological polar surface area (TPSA) is 56.0 Å². The molecular weight excluding hydrogens is 314 g/mol. The Morgan fingerprint density at radius 2 is 1.68 bits per heavy atom. The molecule has 0 aliphatic heterocycles. The van der Waals surface area contributed by atoms with Crippen molar-refractivity contribution >= 4 is 5.97 Å². The van der Waals surface area contributed by atoms with Crippen LogP contribution in [0.15, 0.2) is 40.8 Å². The molecule has 136 valence electrons. The summed E-state index contributed by atoms with van der Waals surface area (Å²) in [5.41, 5.74) is 1.95. The lowest BCUT2D eigenvalue weighted by Crippen LogP contribution is -2.94. The third-order valence-corrected chi connectivity index (χ3v) is 4.09. The van der Waals surface area contributed by atoms with Crippen molar-refractivity contribution < 1.29 is 19.3 Å². The zero-order chi connectivity index (χ0) is 18.7. The number of hydrogen-bond acceptors (Lipinski definition) is 3. The van der Waals surface area contributed by atoms with Gasteiger partial charge >= 0.3 is 5.97 Å². The van der Waals surface area contributed by atoms with Crippen LogP contribution in [-0.4, -0.2) is 18.6 Å². The molecule has 0 atom stereocenters. The summed E-state index contributed by atoms with van der Waals surface area (Å²) in [4.78, 5) is 11.5. The van der Waals surface area contributed by atoms with Crippen molar-refractivity contribution in [2.75, 3.05) is 7.11 Å². The maximum atomic E-state index is 11.5. The molecule has 0 saturated carbocycles. The van der Waals surface area contributed by atoms with Gasteiger partial charge in [-0.25, -0.2) is 4.79 Å². The molecule has 0 fully saturated rings. The summed E-state index contributed by atoms with van der Waals surface area (Å²) in [6.45, 7) is 12.2. The van der Waals surface area contributed by atoms with Crippen LogP contribution in [-0.2, 0) is 11.3 Å². The predicted octanol–water partition coefficient (Wildman–Crippen LogP) is 4.01. The Bertz CT molecular complexity index is 705. The van der Waals surface area contributed by atoms with Crippen LogP contribution in [0.25, 0.3) is 11.3 Å². The summed E-state index contributed by atoms with van der Waals surface area (Å²) in [6.07, 6.45) is 1.13. The molecule has 1 heterocycles. The van der Waals surface area contributed by atoms with Crippen molar-refractivity contribution in [1.82, 2.24) is 0 Å². The molecule has 0 spiro atoms.